The molecule has 0 bridgehead atoms. The smallest absolute Gasteiger partial charge is 0.297 e. The SMILES string of the molecule is COc1ccc2c(-c3ccc(CNS(=O)(=O)N(I)I)cc3C)ccnc2c1. The van der Waals surface area contributed by atoms with Crippen LogP contribution < -0.4 is 9.46 Å². The molecular weight excluding hydrogens is 592 g/mol. The van der Waals surface area contributed by atoms with Gasteiger partial charge in [0, 0.05) is 69.9 Å². The minimum Gasteiger partial charge on any atom is -0.497 e. The first-order valence-corrected chi connectivity index (χ1v) is 11.3. The fraction of sp³-hybridized carbons (Fsp3) is 0.167. The Bertz CT molecular complexity index is 1090. The number of aryl methyl sites for hydroxylation is 1. The second kappa shape index (κ2) is 8.55. The van der Waals surface area contributed by atoms with Gasteiger partial charge in [-0.15, -0.1) is 0 Å². The van der Waals surface area contributed by atoms with Crippen molar-refractivity contribution >= 4 is 66.8 Å². The van der Waals surface area contributed by atoms with E-state index < -0.39 is 10.2 Å². The number of fused-ring (bicyclic) bond motifs is 1. The van der Waals surface area contributed by atoms with Crippen molar-refractivity contribution in [2.75, 3.05) is 7.11 Å². The number of nitrogens with zero attached hydrogens (tertiary/aromatic N) is 2. The summed E-state index contributed by atoms with van der Waals surface area (Å²) < 4.78 is 32.7. The topological polar surface area (TPSA) is 71.5 Å². The van der Waals surface area contributed by atoms with E-state index in [-0.39, 0.29) is 6.54 Å². The van der Waals surface area contributed by atoms with Crippen LogP contribution in [-0.4, -0.2) is 21.2 Å². The minimum atomic E-state index is -3.47. The van der Waals surface area contributed by atoms with E-state index in [0.29, 0.717) is 0 Å². The molecule has 0 saturated heterocycles. The summed E-state index contributed by atoms with van der Waals surface area (Å²) in [6, 6.07) is 13.8. The Kier molecular flexibility index (Phi) is 6.56. The van der Waals surface area contributed by atoms with Gasteiger partial charge in [-0.05, 0) is 47.4 Å². The number of hydrogen-bond acceptors (Lipinski definition) is 4. The summed E-state index contributed by atoms with van der Waals surface area (Å²) in [6.45, 7) is 2.26. The predicted octanol–water partition coefficient (Wildman–Crippen LogP) is 4.56. The lowest BCUT2D eigenvalue weighted by Crippen LogP contribution is -2.29. The number of halogens is 2. The maximum absolute atomic E-state index is 11.9. The summed E-state index contributed by atoms with van der Waals surface area (Å²) in [4.78, 5) is 4.43. The molecule has 0 spiro atoms. The molecule has 0 aliphatic rings. The second-order valence-electron chi connectivity index (χ2n) is 5.89. The molecule has 0 aliphatic heterocycles. The van der Waals surface area contributed by atoms with Crippen LogP contribution in [0.2, 0.25) is 0 Å². The van der Waals surface area contributed by atoms with Gasteiger partial charge >= 0.3 is 0 Å². The largest absolute Gasteiger partial charge is 0.497 e. The lowest BCUT2D eigenvalue weighted by atomic mass is 9.96. The highest BCUT2D eigenvalue weighted by molar-refractivity contribution is 14.2. The van der Waals surface area contributed by atoms with Crippen molar-refractivity contribution in [1.82, 2.24) is 10.4 Å². The first-order valence-electron chi connectivity index (χ1n) is 7.96. The zero-order valence-electron chi connectivity index (χ0n) is 14.6. The van der Waals surface area contributed by atoms with Crippen molar-refractivity contribution in [3.05, 3.63) is 59.8 Å². The third kappa shape index (κ3) is 4.70. The molecule has 0 aliphatic carbocycles. The van der Waals surface area contributed by atoms with E-state index in [2.05, 4.69) is 9.71 Å². The number of pyridine rings is 1. The summed E-state index contributed by atoms with van der Waals surface area (Å²) in [5.74, 6) is 0.770. The molecule has 0 amide bonds. The van der Waals surface area contributed by atoms with Crippen LogP contribution >= 0.6 is 45.7 Å². The zero-order chi connectivity index (χ0) is 19.6. The number of aromatic nitrogens is 1. The molecule has 9 heteroatoms. The van der Waals surface area contributed by atoms with Gasteiger partial charge in [0.25, 0.3) is 10.2 Å². The number of hydrogen-bond donors (Lipinski definition) is 1. The summed E-state index contributed by atoms with van der Waals surface area (Å²) in [7, 11) is -1.83. The molecule has 1 N–H and O–H groups in total. The quantitative estimate of drug-likeness (QED) is 0.329. The van der Waals surface area contributed by atoms with Gasteiger partial charge in [-0.3, -0.25) is 4.98 Å². The van der Waals surface area contributed by atoms with E-state index in [1.807, 2.05) is 49.4 Å². The maximum atomic E-state index is 11.9. The molecule has 3 aromatic rings. The van der Waals surface area contributed by atoms with Gasteiger partial charge in [-0.2, -0.15) is 13.1 Å². The second-order valence-corrected chi connectivity index (χ2v) is 12.6. The van der Waals surface area contributed by atoms with Gasteiger partial charge in [0.05, 0.1) is 12.6 Å². The molecule has 3 rings (SSSR count). The van der Waals surface area contributed by atoms with Crippen molar-refractivity contribution < 1.29 is 13.2 Å². The first-order chi connectivity index (χ1) is 12.8. The molecule has 0 atom stereocenters. The van der Waals surface area contributed by atoms with Crippen LogP contribution in [0.5, 0.6) is 5.75 Å². The van der Waals surface area contributed by atoms with Crippen LogP contribution in [0.1, 0.15) is 11.1 Å². The van der Waals surface area contributed by atoms with Gasteiger partial charge in [0.1, 0.15) is 5.75 Å². The number of ether oxygens (including phenoxy) is 1. The van der Waals surface area contributed by atoms with Crippen LogP contribution in [-0.2, 0) is 16.8 Å². The zero-order valence-corrected chi connectivity index (χ0v) is 19.7. The Labute approximate surface area is 186 Å². The van der Waals surface area contributed by atoms with Crippen molar-refractivity contribution in [2.45, 2.75) is 13.5 Å². The molecule has 0 fully saturated rings. The molecule has 0 radical (unpaired) electrons. The summed E-state index contributed by atoms with van der Waals surface area (Å²) in [5, 5.41) is 1.04. The Morgan fingerprint density at radius 3 is 2.56 bits per heavy atom. The van der Waals surface area contributed by atoms with Gasteiger partial charge in [0.2, 0.25) is 0 Å². The van der Waals surface area contributed by atoms with E-state index in [0.717, 1.165) is 39.6 Å². The van der Waals surface area contributed by atoms with Crippen molar-refractivity contribution in [1.29, 1.82) is 0 Å². The molecule has 2 aromatic carbocycles. The van der Waals surface area contributed by atoms with Crippen LogP contribution in [0.3, 0.4) is 0 Å². The molecular formula is C18H17I2N3O3S. The first kappa shape index (κ1) is 20.7. The van der Waals surface area contributed by atoms with Crippen molar-refractivity contribution in [3.8, 4) is 16.9 Å². The highest BCUT2D eigenvalue weighted by atomic mass is 127. The molecule has 27 heavy (non-hydrogen) atoms. The summed E-state index contributed by atoms with van der Waals surface area (Å²) >= 11 is 3.43. The predicted molar refractivity (Wildman–Crippen MR) is 124 cm³/mol. The number of rotatable bonds is 6. The molecule has 0 saturated carbocycles. The van der Waals surface area contributed by atoms with E-state index in [9.17, 15) is 8.42 Å². The molecule has 1 aromatic heterocycles. The average Bonchev–Trinajstić information content (AvgIpc) is 2.65. The van der Waals surface area contributed by atoms with Crippen molar-refractivity contribution in [3.63, 3.8) is 0 Å². The standard InChI is InChI=1S/C18H17I2N3O3S/c1-12-9-13(11-22-27(24,25)23(19)20)3-5-15(12)16-7-8-21-18-10-14(26-2)4-6-17(16)18/h3-10,22H,11H2,1-2H3. The molecule has 142 valence electrons. The van der Waals surface area contributed by atoms with Crippen LogP contribution in [0.25, 0.3) is 22.0 Å². The van der Waals surface area contributed by atoms with Crippen LogP contribution in [0.15, 0.2) is 48.7 Å². The Morgan fingerprint density at radius 2 is 1.89 bits per heavy atom. The molecule has 0 unspecified atom stereocenters. The van der Waals surface area contributed by atoms with Gasteiger partial charge in [0.15, 0.2) is 0 Å². The third-order valence-electron chi connectivity index (χ3n) is 4.17. The Balaban J connectivity index is 1.94. The lowest BCUT2D eigenvalue weighted by molar-refractivity contribution is 0.415. The van der Waals surface area contributed by atoms with E-state index in [4.69, 9.17) is 4.74 Å². The van der Waals surface area contributed by atoms with Crippen molar-refractivity contribution in [2.24, 2.45) is 0 Å². The lowest BCUT2D eigenvalue weighted by Gasteiger charge is -2.13. The molecule has 1 heterocycles. The van der Waals surface area contributed by atoms with E-state index in [1.165, 1.54) is 0 Å². The third-order valence-corrected chi connectivity index (χ3v) is 8.16. The van der Waals surface area contributed by atoms with Crippen LogP contribution in [0.4, 0.5) is 0 Å². The van der Waals surface area contributed by atoms with Gasteiger partial charge in [-0.25, -0.2) is 0 Å². The molecule has 6 nitrogen and oxygen atoms in total. The van der Waals surface area contributed by atoms with E-state index >= 15 is 0 Å². The number of nitrogens with one attached hydrogen (secondary N) is 1. The average molecular weight is 609 g/mol. The number of methoxy groups -OCH3 is 1. The fourth-order valence-electron chi connectivity index (χ4n) is 2.85. The monoisotopic (exact) mass is 609 g/mol. The summed E-state index contributed by atoms with van der Waals surface area (Å²) in [5.41, 5.74) is 5.00. The van der Waals surface area contributed by atoms with Gasteiger partial charge in [-0.1, -0.05) is 18.9 Å². The fourth-order valence-corrected chi connectivity index (χ4v) is 4.13. The highest BCUT2D eigenvalue weighted by Crippen LogP contribution is 2.32. The maximum Gasteiger partial charge on any atom is 0.297 e. The van der Waals surface area contributed by atoms with E-state index in [1.54, 1.807) is 59.0 Å². The van der Waals surface area contributed by atoms with Crippen LogP contribution in [0, 0.1) is 6.92 Å². The normalized spacial score (nSPS) is 11.9. The number of benzene rings is 2. The summed E-state index contributed by atoms with van der Waals surface area (Å²) in [6.07, 6.45) is 1.79. The minimum absolute atomic E-state index is 0.236. The Morgan fingerprint density at radius 1 is 1.11 bits per heavy atom. The highest BCUT2D eigenvalue weighted by Gasteiger charge is 2.16. The Hall–Kier alpha value is -1.02. The van der Waals surface area contributed by atoms with Gasteiger partial charge < -0.3 is 4.74 Å².